The van der Waals surface area contributed by atoms with Gasteiger partial charge in [-0.2, -0.15) is 0 Å². The smallest absolute Gasteiger partial charge is 0.165 e. The Morgan fingerprint density at radius 2 is 2.12 bits per heavy atom. The molecule has 3 heteroatoms. The molecule has 0 heterocycles. The molecule has 1 N–H and O–H groups in total. The van der Waals surface area contributed by atoms with Crippen LogP contribution < -0.4 is 10.1 Å². The second-order valence-corrected chi connectivity index (χ2v) is 4.07. The molecule has 0 bridgehead atoms. The van der Waals surface area contributed by atoms with Crippen molar-refractivity contribution < 1.29 is 9.13 Å². The van der Waals surface area contributed by atoms with Gasteiger partial charge in [0.15, 0.2) is 11.6 Å². The minimum Gasteiger partial charge on any atom is -0.488 e. The Morgan fingerprint density at radius 1 is 1.38 bits per heavy atom. The average Bonchev–Trinajstić information content (AvgIpc) is 2.23. The van der Waals surface area contributed by atoms with E-state index >= 15 is 0 Å². The molecule has 90 valence electrons. The van der Waals surface area contributed by atoms with E-state index in [1.807, 2.05) is 19.9 Å². The lowest BCUT2D eigenvalue weighted by Crippen LogP contribution is -2.16. The SMILES string of the molecule is CCCNCc1cccc(F)c1OC(C)C. The normalized spacial score (nSPS) is 10.8. The van der Waals surface area contributed by atoms with Gasteiger partial charge < -0.3 is 10.1 Å². The summed E-state index contributed by atoms with van der Waals surface area (Å²) >= 11 is 0. The molecule has 0 aliphatic heterocycles. The third-order valence-electron chi connectivity index (χ3n) is 2.14. The van der Waals surface area contributed by atoms with Gasteiger partial charge in [0, 0.05) is 12.1 Å². The fourth-order valence-corrected chi connectivity index (χ4v) is 1.46. The van der Waals surface area contributed by atoms with Crippen LogP contribution in [0.3, 0.4) is 0 Å². The first-order valence-electron chi connectivity index (χ1n) is 5.80. The topological polar surface area (TPSA) is 21.3 Å². The number of halogens is 1. The van der Waals surface area contributed by atoms with Crippen LogP contribution in [0.25, 0.3) is 0 Å². The molecule has 0 amide bonds. The maximum absolute atomic E-state index is 13.6. The highest BCUT2D eigenvalue weighted by atomic mass is 19.1. The van der Waals surface area contributed by atoms with E-state index in [4.69, 9.17) is 4.74 Å². The number of para-hydroxylation sites is 1. The van der Waals surface area contributed by atoms with E-state index in [1.165, 1.54) is 6.07 Å². The molecule has 16 heavy (non-hydrogen) atoms. The summed E-state index contributed by atoms with van der Waals surface area (Å²) < 4.78 is 19.1. The van der Waals surface area contributed by atoms with Gasteiger partial charge in [-0.25, -0.2) is 4.39 Å². The van der Waals surface area contributed by atoms with Crippen LogP contribution in [0.4, 0.5) is 4.39 Å². The van der Waals surface area contributed by atoms with Crippen molar-refractivity contribution in [2.45, 2.75) is 39.8 Å². The molecule has 0 radical (unpaired) electrons. The van der Waals surface area contributed by atoms with E-state index in [0.29, 0.717) is 12.3 Å². The first kappa shape index (κ1) is 13.0. The highest BCUT2D eigenvalue weighted by molar-refractivity contribution is 5.35. The zero-order valence-electron chi connectivity index (χ0n) is 10.2. The maximum Gasteiger partial charge on any atom is 0.165 e. The van der Waals surface area contributed by atoms with Crippen LogP contribution in [-0.2, 0) is 6.54 Å². The maximum atomic E-state index is 13.6. The minimum absolute atomic E-state index is 0.0122. The lowest BCUT2D eigenvalue weighted by molar-refractivity contribution is 0.228. The van der Waals surface area contributed by atoms with E-state index in [0.717, 1.165) is 18.5 Å². The van der Waals surface area contributed by atoms with Gasteiger partial charge in [0.1, 0.15) is 0 Å². The first-order chi connectivity index (χ1) is 7.65. The summed E-state index contributed by atoms with van der Waals surface area (Å²) in [6.45, 7) is 7.47. The number of hydrogen-bond acceptors (Lipinski definition) is 2. The van der Waals surface area contributed by atoms with Crippen molar-refractivity contribution in [1.29, 1.82) is 0 Å². The Labute approximate surface area is 96.8 Å². The average molecular weight is 225 g/mol. The van der Waals surface area contributed by atoms with Crippen LogP contribution >= 0.6 is 0 Å². The van der Waals surface area contributed by atoms with E-state index in [2.05, 4.69) is 12.2 Å². The molecule has 0 unspecified atom stereocenters. The summed E-state index contributed by atoms with van der Waals surface area (Å²) in [5.74, 6) is 0.0885. The number of rotatable bonds is 6. The van der Waals surface area contributed by atoms with Crippen LogP contribution in [0.15, 0.2) is 18.2 Å². The summed E-state index contributed by atoms with van der Waals surface area (Å²) in [6.07, 6.45) is 1.05. The van der Waals surface area contributed by atoms with E-state index in [1.54, 1.807) is 6.07 Å². The van der Waals surface area contributed by atoms with Crippen LogP contribution in [0.5, 0.6) is 5.75 Å². The molecule has 0 saturated carbocycles. The lowest BCUT2D eigenvalue weighted by Gasteiger charge is -2.15. The molecule has 0 saturated heterocycles. The van der Waals surface area contributed by atoms with Crippen molar-refractivity contribution in [1.82, 2.24) is 5.32 Å². The molecule has 0 aliphatic carbocycles. The Hall–Kier alpha value is -1.09. The highest BCUT2D eigenvalue weighted by Crippen LogP contribution is 2.23. The van der Waals surface area contributed by atoms with Crippen molar-refractivity contribution in [3.8, 4) is 5.75 Å². The van der Waals surface area contributed by atoms with Crippen LogP contribution in [0.2, 0.25) is 0 Å². The predicted molar refractivity (Wildman–Crippen MR) is 64.2 cm³/mol. The molecular formula is C13H20FNO. The fourth-order valence-electron chi connectivity index (χ4n) is 1.46. The molecule has 1 aromatic carbocycles. The number of hydrogen-bond donors (Lipinski definition) is 1. The predicted octanol–water partition coefficient (Wildman–Crippen LogP) is 3.11. The van der Waals surface area contributed by atoms with Crippen molar-refractivity contribution in [2.75, 3.05) is 6.54 Å². The fraction of sp³-hybridized carbons (Fsp3) is 0.538. The summed E-state index contributed by atoms with van der Waals surface area (Å²) in [5.41, 5.74) is 0.877. The molecule has 0 fully saturated rings. The third kappa shape index (κ3) is 3.81. The molecule has 0 aromatic heterocycles. The lowest BCUT2D eigenvalue weighted by atomic mass is 10.2. The van der Waals surface area contributed by atoms with E-state index in [-0.39, 0.29) is 11.9 Å². The van der Waals surface area contributed by atoms with Gasteiger partial charge in [0.2, 0.25) is 0 Å². The standard InChI is InChI=1S/C13H20FNO/c1-4-8-15-9-11-6-5-7-12(14)13(11)16-10(2)3/h5-7,10,15H,4,8-9H2,1-3H3. The van der Waals surface area contributed by atoms with Crippen LogP contribution in [0, 0.1) is 5.82 Å². The Morgan fingerprint density at radius 3 is 2.75 bits per heavy atom. The van der Waals surface area contributed by atoms with Crippen molar-refractivity contribution in [3.05, 3.63) is 29.6 Å². The van der Waals surface area contributed by atoms with Gasteiger partial charge in [0.05, 0.1) is 6.10 Å². The second-order valence-electron chi connectivity index (χ2n) is 4.07. The first-order valence-corrected chi connectivity index (χ1v) is 5.80. The van der Waals surface area contributed by atoms with Gasteiger partial charge in [-0.1, -0.05) is 19.1 Å². The van der Waals surface area contributed by atoms with Crippen LogP contribution in [0.1, 0.15) is 32.8 Å². The summed E-state index contributed by atoms with van der Waals surface area (Å²) in [4.78, 5) is 0. The summed E-state index contributed by atoms with van der Waals surface area (Å²) in [6, 6.07) is 5.04. The molecule has 0 aliphatic rings. The number of ether oxygens (including phenoxy) is 1. The van der Waals surface area contributed by atoms with Crippen molar-refractivity contribution >= 4 is 0 Å². The van der Waals surface area contributed by atoms with Gasteiger partial charge >= 0.3 is 0 Å². The summed E-state index contributed by atoms with van der Waals surface area (Å²) in [5, 5.41) is 3.25. The molecule has 2 nitrogen and oxygen atoms in total. The van der Waals surface area contributed by atoms with Gasteiger partial charge in [-0.05, 0) is 32.9 Å². The zero-order valence-corrected chi connectivity index (χ0v) is 10.2. The third-order valence-corrected chi connectivity index (χ3v) is 2.14. The Balaban J connectivity index is 2.76. The molecule has 1 aromatic rings. The van der Waals surface area contributed by atoms with Gasteiger partial charge in [0.25, 0.3) is 0 Å². The van der Waals surface area contributed by atoms with Crippen LogP contribution in [-0.4, -0.2) is 12.6 Å². The zero-order chi connectivity index (χ0) is 12.0. The van der Waals surface area contributed by atoms with Gasteiger partial charge in [-0.3, -0.25) is 0 Å². The molecule has 0 spiro atoms. The largest absolute Gasteiger partial charge is 0.488 e. The number of benzene rings is 1. The Kier molecular flexibility index (Phi) is 5.26. The minimum atomic E-state index is -0.288. The summed E-state index contributed by atoms with van der Waals surface area (Å²) in [7, 11) is 0. The quantitative estimate of drug-likeness (QED) is 0.751. The van der Waals surface area contributed by atoms with Gasteiger partial charge in [-0.15, -0.1) is 0 Å². The van der Waals surface area contributed by atoms with Crippen molar-refractivity contribution in [2.24, 2.45) is 0 Å². The van der Waals surface area contributed by atoms with E-state index < -0.39 is 0 Å². The highest BCUT2D eigenvalue weighted by Gasteiger charge is 2.10. The molecular weight excluding hydrogens is 205 g/mol. The molecule has 0 atom stereocenters. The molecule has 1 rings (SSSR count). The van der Waals surface area contributed by atoms with Crippen molar-refractivity contribution in [3.63, 3.8) is 0 Å². The van der Waals surface area contributed by atoms with E-state index in [9.17, 15) is 4.39 Å². The Bertz CT molecular complexity index is 326. The second kappa shape index (κ2) is 6.48. The monoisotopic (exact) mass is 225 g/mol. The number of nitrogens with one attached hydrogen (secondary N) is 1.